The fourth-order valence-electron chi connectivity index (χ4n) is 1.42. The van der Waals surface area contributed by atoms with Gasteiger partial charge in [0.15, 0.2) is 11.9 Å². The number of esters is 1. The summed E-state index contributed by atoms with van der Waals surface area (Å²) in [5.41, 5.74) is 0.698. The molecule has 0 amide bonds. The molecule has 0 aliphatic heterocycles. The van der Waals surface area contributed by atoms with Crippen LogP contribution in [0.4, 0.5) is 0 Å². The molecule has 1 radical (unpaired) electrons. The molecular formula is C13H13O3. The molecule has 0 unspecified atom stereocenters. The predicted molar refractivity (Wildman–Crippen MR) is 60.5 cm³/mol. The topological polar surface area (TPSA) is 43.4 Å². The van der Waals surface area contributed by atoms with Crippen molar-refractivity contribution in [1.82, 2.24) is 0 Å². The second-order valence-corrected chi connectivity index (χ2v) is 3.55. The van der Waals surface area contributed by atoms with E-state index in [0.717, 1.165) is 0 Å². The third-order valence-corrected chi connectivity index (χ3v) is 2.24. The molecule has 0 N–H and O–H groups in total. The Kier molecular flexibility index (Phi) is 2.86. The minimum Gasteiger partial charge on any atom is -0.450 e. The molecule has 0 saturated carbocycles. The van der Waals surface area contributed by atoms with Crippen LogP contribution in [0.3, 0.4) is 0 Å². The summed E-state index contributed by atoms with van der Waals surface area (Å²) in [6, 6.07) is 9.01. The molecule has 1 atom stereocenters. The van der Waals surface area contributed by atoms with Crippen molar-refractivity contribution < 1.29 is 15.8 Å². The van der Waals surface area contributed by atoms with E-state index in [9.17, 15) is 9.59 Å². The third kappa shape index (κ3) is 2.37. The Morgan fingerprint density at radius 1 is 1.19 bits per heavy atom. The zero-order valence-corrected chi connectivity index (χ0v) is 8.84. The van der Waals surface area contributed by atoms with E-state index < -0.39 is 12.1 Å². The first-order valence-electron chi connectivity index (χ1n) is 5.00. The van der Waals surface area contributed by atoms with Crippen LogP contribution < -0.4 is 0 Å². The zero-order chi connectivity index (χ0) is 11.5. The number of rotatable bonds is 4. The van der Waals surface area contributed by atoms with Gasteiger partial charge in [0, 0.05) is 13.9 Å². The number of benzene rings is 1. The molecule has 0 saturated heterocycles. The molecule has 0 aromatic heterocycles. The molecule has 16 heavy (non-hydrogen) atoms. The van der Waals surface area contributed by atoms with Gasteiger partial charge in [-0.2, -0.15) is 0 Å². The van der Waals surface area contributed by atoms with Crippen molar-refractivity contribution >= 4 is 11.8 Å². The Morgan fingerprint density at radius 3 is 2.31 bits per heavy atom. The molecule has 0 spiro atoms. The van der Waals surface area contributed by atoms with Crippen molar-refractivity contribution in [2.45, 2.75) is 13.0 Å². The first-order valence-corrected chi connectivity index (χ1v) is 5.00. The van der Waals surface area contributed by atoms with Crippen LogP contribution in [0.25, 0.3) is 0 Å². The SMILES string of the molecule is CC(=O)O[C@H](C(=O)[C]1C=C1)c1ccccc1.[HH]. The summed E-state index contributed by atoms with van der Waals surface area (Å²) in [6.07, 6.45) is 2.60. The highest BCUT2D eigenvalue weighted by atomic mass is 16.5. The van der Waals surface area contributed by atoms with Gasteiger partial charge in [-0.15, -0.1) is 0 Å². The van der Waals surface area contributed by atoms with Crippen LogP contribution in [-0.4, -0.2) is 11.8 Å². The lowest BCUT2D eigenvalue weighted by molar-refractivity contribution is -0.152. The van der Waals surface area contributed by atoms with Crippen molar-refractivity contribution in [3.05, 3.63) is 54.0 Å². The van der Waals surface area contributed by atoms with E-state index >= 15 is 0 Å². The summed E-state index contributed by atoms with van der Waals surface area (Å²) in [4.78, 5) is 22.8. The Balaban J connectivity index is 0.00000144. The molecule has 3 nitrogen and oxygen atoms in total. The quantitative estimate of drug-likeness (QED) is 0.726. The molecule has 1 aromatic rings. The summed E-state index contributed by atoms with van der Waals surface area (Å²) in [5, 5.41) is 0. The van der Waals surface area contributed by atoms with Crippen molar-refractivity contribution in [3.63, 3.8) is 0 Å². The number of ketones is 1. The van der Waals surface area contributed by atoms with E-state index in [1.54, 1.807) is 24.3 Å². The molecule has 1 aromatic carbocycles. The van der Waals surface area contributed by atoms with Crippen molar-refractivity contribution in [2.75, 3.05) is 0 Å². The smallest absolute Gasteiger partial charge is 0.303 e. The maximum absolute atomic E-state index is 11.9. The molecule has 1 aliphatic carbocycles. The summed E-state index contributed by atoms with van der Waals surface area (Å²) in [6.45, 7) is 1.30. The van der Waals surface area contributed by atoms with Crippen molar-refractivity contribution in [1.29, 1.82) is 0 Å². The fourth-order valence-corrected chi connectivity index (χ4v) is 1.42. The zero-order valence-electron chi connectivity index (χ0n) is 8.84. The van der Waals surface area contributed by atoms with Gasteiger partial charge in [-0.25, -0.2) is 0 Å². The maximum atomic E-state index is 11.9. The Morgan fingerprint density at radius 2 is 1.81 bits per heavy atom. The highest BCUT2D eigenvalue weighted by Gasteiger charge is 2.32. The van der Waals surface area contributed by atoms with E-state index in [2.05, 4.69) is 0 Å². The largest absolute Gasteiger partial charge is 0.450 e. The molecule has 2 rings (SSSR count). The van der Waals surface area contributed by atoms with Gasteiger partial charge in [0.2, 0.25) is 0 Å². The second kappa shape index (κ2) is 4.31. The fraction of sp³-hybridized carbons (Fsp3) is 0.154. The Bertz CT molecular complexity index is 433. The van der Waals surface area contributed by atoms with Gasteiger partial charge in [0.1, 0.15) is 0 Å². The van der Waals surface area contributed by atoms with E-state index in [4.69, 9.17) is 4.74 Å². The van der Waals surface area contributed by atoms with Gasteiger partial charge in [-0.3, -0.25) is 9.59 Å². The Hall–Kier alpha value is -1.90. The summed E-state index contributed by atoms with van der Waals surface area (Å²) >= 11 is 0. The summed E-state index contributed by atoms with van der Waals surface area (Å²) < 4.78 is 5.05. The molecule has 0 fully saturated rings. The number of hydrogen-bond acceptors (Lipinski definition) is 3. The standard InChI is InChI=1S/C13H11O3.H2/c1-9(14)16-13(12(15)10-7-8-10)11-5-3-2-4-6-11;/h2-8,13H,1H3;1H/t13-;/m0./s1. The van der Waals surface area contributed by atoms with Crippen molar-refractivity contribution in [2.24, 2.45) is 0 Å². The van der Waals surface area contributed by atoms with Gasteiger partial charge >= 0.3 is 5.97 Å². The number of allylic oxidation sites excluding steroid dienone is 2. The highest BCUT2D eigenvalue weighted by molar-refractivity contribution is 6.05. The highest BCUT2D eigenvalue weighted by Crippen LogP contribution is 2.30. The Labute approximate surface area is 95.2 Å². The lowest BCUT2D eigenvalue weighted by atomic mass is 10.0. The monoisotopic (exact) mass is 217 g/mol. The molecule has 3 heteroatoms. The number of carbonyl (C=O) groups excluding carboxylic acids is 2. The number of ether oxygens (including phenoxy) is 1. The minimum atomic E-state index is -0.816. The maximum Gasteiger partial charge on any atom is 0.303 e. The van der Waals surface area contributed by atoms with E-state index in [0.29, 0.717) is 11.5 Å². The molecule has 83 valence electrons. The van der Waals surface area contributed by atoms with Crippen LogP contribution in [0.15, 0.2) is 42.5 Å². The third-order valence-electron chi connectivity index (χ3n) is 2.24. The van der Waals surface area contributed by atoms with E-state index in [1.807, 2.05) is 18.2 Å². The second-order valence-electron chi connectivity index (χ2n) is 3.55. The number of hydrogen-bond donors (Lipinski definition) is 0. The number of carbonyl (C=O) groups is 2. The molecule has 0 bridgehead atoms. The van der Waals surface area contributed by atoms with E-state index in [-0.39, 0.29) is 7.21 Å². The van der Waals surface area contributed by atoms with Crippen LogP contribution in [0.2, 0.25) is 0 Å². The first-order chi connectivity index (χ1) is 7.68. The van der Waals surface area contributed by atoms with Gasteiger partial charge in [-0.05, 0) is 0 Å². The van der Waals surface area contributed by atoms with Crippen LogP contribution in [0.1, 0.15) is 20.0 Å². The normalized spacial score (nSPS) is 15.6. The van der Waals surface area contributed by atoms with Gasteiger partial charge in [-0.1, -0.05) is 42.5 Å². The van der Waals surface area contributed by atoms with Crippen LogP contribution in [0.5, 0.6) is 0 Å². The van der Waals surface area contributed by atoms with E-state index in [1.165, 1.54) is 6.92 Å². The summed E-state index contributed by atoms with van der Waals surface area (Å²) in [7, 11) is 0. The first kappa shape index (κ1) is 10.6. The summed E-state index contributed by atoms with van der Waals surface area (Å²) in [5.74, 6) is -0.0000406. The van der Waals surface area contributed by atoms with Gasteiger partial charge < -0.3 is 4.74 Å². The van der Waals surface area contributed by atoms with Crippen LogP contribution >= 0.6 is 0 Å². The molecule has 0 heterocycles. The van der Waals surface area contributed by atoms with Gasteiger partial charge in [0.25, 0.3) is 0 Å². The van der Waals surface area contributed by atoms with Crippen molar-refractivity contribution in [3.8, 4) is 0 Å². The van der Waals surface area contributed by atoms with Crippen LogP contribution in [-0.2, 0) is 14.3 Å². The average Bonchev–Trinajstić information content (AvgIpc) is 3.10. The van der Waals surface area contributed by atoms with Gasteiger partial charge in [0.05, 0.1) is 5.92 Å². The number of Topliss-reactive ketones (excluding diaryl/α,β-unsaturated/α-hetero) is 1. The predicted octanol–water partition coefficient (Wildman–Crippen LogP) is 2.25. The minimum absolute atomic E-state index is 0. The molecule has 1 aliphatic rings. The lowest BCUT2D eigenvalue weighted by Crippen LogP contribution is -2.19. The lowest BCUT2D eigenvalue weighted by Gasteiger charge is -2.15. The average molecular weight is 217 g/mol. The molecular weight excluding hydrogens is 204 g/mol. The van der Waals surface area contributed by atoms with Crippen LogP contribution in [0, 0.1) is 5.92 Å².